The average Bonchev–Trinajstić information content (AvgIpc) is 2.72. The highest BCUT2D eigenvalue weighted by Crippen LogP contribution is 2.41. The number of nitrogens with zero attached hydrogens (tertiary/aromatic N) is 2. The van der Waals surface area contributed by atoms with Gasteiger partial charge in [-0.3, -0.25) is 9.59 Å². The average molecular weight is 392 g/mol. The molecule has 0 aliphatic carbocycles. The van der Waals surface area contributed by atoms with Crippen LogP contribution in [0.1, 0.15) is 43.9 Å². The normalized spacial score (nSPS) is 20.1. The fourth-order valence-electron chi connectivity index (χ4n) is 4.46. The van der Waals surface area contributed by atoms with E-state index in [0.717, 1.165) is 5.75 Å². The maximum Gasteiger partial charge on any atom is 0.242 e. The maximum atomic E-state index is 12.9. The van der Waals surface area contributed by atoms with Gasteiger partial charge >= 0.3 is 0 Å². The first-order chi connectivity index (χ1) is 14.0. The van der Waals surface area contributed by atoms with Crippen LogP contribution >= 0.6 is 0 Å². The molecule has 0 saturated carbocycles. The first-order valence-electron chi connectivity index (χ1n) is 10.3. The summed E-state index contributed by atoms with van der Waals surface area (Å²) in [6, 6.07) is 17.9. The summed E-state index contributed by atoms with van der Waals surface area (Å²) < 4.78 is 5.67. The summed E-state index contributed by atoms with van der Waals surface area (Å²) in [6.07, 6.45) is 1.02. The molecule has 2 aromatic carbocycles. The van der Waals surface area contributed by atoms with Crippen molar-refractivity contribution < 1.29 is 14.3 Å². The zero-order valence-corrected chi connectivity index (χ0v) is 17.1. The van der Waals surface area contributed by atoms with E-state index in [0.29, 0.717) is 32.5 Å². The van der Waals surface area contributed by atoms with Crippen LogP contribution in [0.25, 0.3) is 0 Å². The smallest absolute Gasteiger partial charge is 0.242 e. The van der Waals surface area contributed by atoms with Crippen molar-refractivity contribution in [2.45, 2.75) is 38.1 Å². The number of benzene rings is 2. The van der Waals surface area contributed by atoms with Gasteiger partial charge in [-0.05, 0) is 29.7 Å². The lowest BCUT2D eigenvalue weighted by atomic mass is 9.75. The van der Waals surface area contributed by atoms with Crippen molar-refractivity contribution in [2.24, 2.45) is 0 Å². The third-order valence-electron chi connectivity index (χ3n) is 5.93. The van der Waals surface area contributed by atoms with E-state index in [2.05, 4.69) is 32.0 Å². The fraction of sp³-hybridized carbons (Fsp3) is 0.417. The SMILES string of the molecule is CC1(C)CN2C(=O)CN(C(=O)CCCOc3ccccc3)CC2c2ccccc21. The number of hydrogen-bond donors (Lipinski definition) is 0. The lowest BCUT2D eigenvalue weighted by Crippen LogP contribution is -2.58. The quantitative estimate of drug-likeness (QED) is 0.731. The molecule has 2 aromatic rings. The number of rotatable bonds is 5. The van der Waals surface area contributed by atoms with E-state index in [9.17, 15) is 9.59 Å². The molecular weight excluding hydrogens is 364 g/mol. The molecule has 2 amide bonds. The fourth-order valence-corrected chi connectivity index (χ4v) is 4.46. The van der Waals surface area contributed by atoms with E-state index in [1.165, 1.54) is 11.1 Å². The second-order valence-corrected chi connectivity index (χ2v) is 8.55. The standard InChI is InChI=1S/C24H28N2O3/c1-24(2)17-26-21(19-11-6-7-12-20(19)24)15-25(16-23(26)28)22(27)13-8-14-29-18-9-4-3-5-10-18/h3-7,9-12,21H,8,13-17H2,1-2H3. The van der Waals surface area contributed by atoms with Crippen LogP contribution in [-0.4, -0.2) is 47.9 Å². The van der Waals surface area contributed by atoms with Gasteiger partial charge in [-0.25, -0.2) is 0 Å². The molecule has 1 saturated heterocycles. The Morgan fingerprint density at radius 2 is 1.83 bits per heavy atom. The first kappa shape index (κ1) is 19.5. The molecule has 0 N–H and O–H groups in total. The van der Waals surface area contributed by atoms with Gasteiger partial charge in [0, 0.05) is 24.9 Å². The van der Waals surface area contributed by atoms with Gasteiger partial charge in [0.2, 0.25) is 11.8 Å². The topological polar surface area (TPSA) is 49.9 Å². The molecule has 0 bridgehead atoms. The zero-order valence-electron chi connectivity index (χ0n) is 17.1. The summed E-state index contributed by atoms with van der Waals surface area (Å²) >= 11 is 0. The van der Waals surface area contributed by atoms with Crippen molar-refractivity contribution in [3.8, 4) is 5.75 Å². The number of hydrogen-bond acceptors (Lipinski definition) is 3. The molecule has 1 fully saturated rings. The van der Waals surface area contributed by atoms with Crippen LogP contribution in [0.3, 0.4) is 0 Å². The Balaban J connectivity index is 1.39. The van der Waals surface area contributed by atoms with Crippen LogP contribution in [0.15, 0.2) is 54.6 Å². The minimum absolute atomic E-state index is 0.0250. The number of amides is 2. The number of piperazine rings is 1. The molecule has 4 rings (SSSR count). The van der Waals surface area contributed by atoms with Gasteiger partial charge in [0.15, 0.2) is 0 Å². The molecule has 0 spiro atoms. The summed E-state index contributed by atoms with van der Waals surface area (Å²) in [7, 11) is 0. The second kappa shape index (κ2) is 7.90. The number of ether oxygens (including phenoxy) is 1. The van der Waals surface area contributed by atoms with Crippen LogP contribution < -0.4 is 4.74 Å². The van der Waals surface area contributed by atoms with Gasteiger partial charge in [-0.2, -0.15) is 0 Å². The Morgan fingerprint density at radius 3 is 2.62 bits per heavy atom. The van der Waals surface area contributed by atoms with Gasteiger partial charge < -0.3 is 14.5 Å². The van der Waals surface area contributed by atoms with Crippen molar-refractivity contribution in [3.05, 3.63) is 65.7 Å². The summed E-state index contributed by atoms with van der Waals surface area (Å²) in [5.74, 6) is 0.875. The molecule has 152 valence electrons. The highest BCUT2D eigenvalue weighted by Gasteiger charge is 2.43. The Kier molecular flexibility index (Phi) is 5.31. The molecule has 0 aromatic heterocycles. The molecule has 2 aliphatic heterocycles. The Hall–Kier alpha value is -2.82. The maximum absolute atomic E-state index is 12.9. The van der Waals surface area contributed by atoms with Crippen molar-refractivity contribution in [2.75, 3.05) is 26.2 Å². The van der Waals surface area contributed by atoms with Crippen LogP contribution in [0.5, 0.6) is 5.75 Å². The summed E-state index contributed by atoms with van der Waals surface area (Å²) in [4.78, 5) is 29.3. The Labute approximate surface area is 172 Å². The predicted molar refractivity (Wildman–Crippen MR) is 112 cm³/mol. The minimum atomic E-state index is -0.0797. The monoisotopic (exact) mass is 392 g/mol. The third-order valence-corrected chi connectivity index (χ3v) is 5.93. The molecule has 2 heterocycles. The largest absolute Gasteiger partial charge is 0.494 e. The molecule has 5 heteroatoms. The molecule has 1 unspecified atom stereocenters. The molecule has 5 nitrogen and oxygen atoms in total. The van der Waals surface area contributed by atoms with E-state index in [1.807, 2.05) is 41.3 Å². The number of carbonyl (C=O) groups is 2. The predicted octanol–water partition coefficient (Wildman–Crippen LogP) is 3.55. The highest BCUT2D eigenvalue weighted by molar-refractivity contribution is 5.87. The molecule has 29 heavy (non-hydrogen) atoms. The van der Waals surface area contributed by atoms with Crippen molar-refractivity contribution in [3.63, 3.8) is 0 Å². The molecular formula is C24H28N2O3. The van der Waals surface area contributed by atoms with E-state index >= 15 is 0 Å². The van der Waals surface area contributed by atoms with E-state index < -0.39 is 0 Å². The van der Waals surface area contributed by atoms with Crippen molar-refractivity contribution in [1.82, 2.24) is 9.80 Å². The van der Waals surface area contributed by atoms with Gasteiger partial charge in [-0.15, -0.1) is 0 Å². The van der Waals surface area contributed by atoms with E-state index in [1.54, 1.807) is 4.90 Å². The Bertz CT molecular complexity index is 894. The molecule has 0 radical (unpaired) electrons. The number of para-hydroxylation sites is 1. The van der Waals surface area contributed by atoms with Gasteiger partial charge in [0.25, 0.3) is 0 Å². The Morgan fingerprint density at radius 1 is 1.10 bits per heavy atom. The highest BCUT2D eigenvalue weighted by atomic mass is 16.5. The molecule has 1 atom stereocenters. The molecule has 2 aliphatic rings. The van der Waals surface area contributed by atoms with E-state index in [4.69, 9.17) is 4.74 Å². The van der Waals surface area contributed by atoms with Crippen LogP contribution in [-0.2, 0) is 15.0 Å². The van der Waals surface area contributed by atoms with Crippen LogP contribution in [0.2, 0.25) is 0 Å². The van der Waals surface area contributed by atoms with Crippen molar-refractivity contribution in [1.29, 1.82) is 0 Å². The first-order valence-corrected chi connectivity index (χ1v) is 10.3. The van der Waals surface area contributed by atoms with Crippen molar-refractivity contribution >= 4 is 11.8 Å². The summed E-state index contributed by atoms with van der Waals surface area (Å²) in [5.41, 5.74) is 2.37. The third kappa shape index (κ3) is 4.00. The van der Waals surface area contributed by atoms with Gasteiger partial charge in [0.05, 0.1) is 19.2 Å². The lowest BCUT2D eigenvalue weighted by Gasteiger charge is -2.49. The zero-order chi connectivity index (χ0) is 20.4. The van der Waals surface area contributed by atoms with Gasteiger partial charge in [0.1, 0.15) is 5.75 Å². The van der Waals surface area contributed by atoms with Crippen LogP contribution in [0, 0.1) is 0 Å². The second-order valence-electron chi connectivity index (χ2n) is 8.55. The lowest BCUT2D eigenvalue weighted by molar-refractivity contribution is -0.150. The number of fused-ring (bicyclic) bond motifs is 3. The van der Waals surface area contributed by atoms with Gasteiger partial charge in [-0.1, -0.05) is 56.3 Å². The summed E-state index contributed by atoms with van der Waals surface area (Å²) in [6.45, 7) is 6.29. The van der Waals surface area contributed by atoms with E-state index in [-0.39, 0.29) is 29.8 Å². The number of carbonyl (C=O) groups excluding carboxylic acids is 2. The minimum Gasteiger partial charge on any atom is -0.494 e. The summed E-state index contributed by atoms with van der Waals surface area (Å²) in [5, 5.41) is 0. The van der Waals surface area contributed by atoms with Crippen LogP contribution in [0.4, 0.5) is 0 Å².